The van der Waals surface area contributed by atoms with Gasteiger partial charge in [0.15, 0.2) is 0 Å². The first-order chi connectivity index (χ1) is 7.24. The van der Waals surface area contributed by atoms with Gasteiger partial charge in [0.1, 0.15) is 6.54 Å². The van der Waals surface area contributed by atoms with Crippen molar-refractivity contribution in [1.82, 2.24) is 5.43 Å². The highest BCUT2D eigenvalue weighted by atomic mass is 16.4. The Morgan fingerprint density at radius 1 is 1.47 bits per heavy atom. The van der Waals surface area contributed by atoms with Crippen molar-refractivity contribution < 1.29 is 9.90 Å². The van der Waals surface area contributed by atoms with E-state index in [4.69, 9.17) is 5.11 Å². The molecule has 80 valence electrons. The third-order valence-electron chi connectivity index (χ3n) is 1.79. The van der Waals surface area contributed by atoms with Crippen molar-refractivity contribution in [3.63, 3.8) is 0 Å². The highest BCUT2D eigenvalue weighted by molar-refractivity contribution is 5.73. The van der Waals surface area contributed by atoms with Gasteiger partial charge in [-0.2, -0.15) is 0 Å². The van der Waals surface area contributed by atoms with E-state index in [1.165, 1.54) is 0 Å². The third-order valence-corrected chi connectivity index (χ3v) is 1.79. The number of nitrogens with zero attached hydrogens (tertiary/aromatic N) is 1. The summed E-state index contributed by atoms with van der Waals surface area (Å²) in [7, 11) is 0. The Bertz CT molecular complexity index is 325. The second kappa shape index (κ2) is 5.82. The smallest absolute Gasteiger partial charge is 0.324 e. The van der Waals surface area contributed by atoms with Crippen LogP contribution in [0.25, 0.3) is 0 Å². The van der Waals surface area contributed by atoms with Crippen LogP contribution in [0.2, 0.25) is 0 Å². The van der Waals surface area contributed by atoms with E-state index in [0.29, 0.717) is 6.54 Å². The molecule has 0 spiro atoms. The summed E-state index contributed by atoms with van der Waals surface area (Å²) in [6.45, 7) is 4.01. The van der Waals surface area contributed by atoms with Gasteiger partial charge in [-0.05, 0) is 12.1 Å². The molecule has 0 heterocycles. The van der Waals surface area contributed by atoms with Gasteiger partial charge in [-0.1, -0.05) is 24.3 Å². The lowest BCUT2D eigenvalue weighted by Crippen LogP contribution is -2.41. The first kappa shape index (κ1) is 11.3. The van der Waals surface area contributed by atoms with Crippen molar-refractivity contribution >= 4 is 11.7 Å². The number of hydrazine groups is 1. The van der Waals surface area contributed by atoms with Crippen LogP contribution >= 0.6 is 0 Å². The van der Waals surface area contributed by atoms with Crippen molar-refractivity contribution in [1.29, 1.82) is 0 Å². The van der Waals surface area contributed by atoms with Crippen LogP contribution in [0, 0.1) is 0 Å². The summed E-state index contributed by atoms with van der Waals surface area (Å²) in [5.41, 5.74) is 3.77. The number of hydrogen-bond donors (Lipinski definition) is 2. The summed E-state index contributed by atoms with van der Waals surface area (Å²) in [6, 6.07) is 9.30. The van der Waals surface area contributed by atoms with E-state index in [2.05, 4.69) is 12.0 Å². The zero-order valence-corrected chi connectivity index (χ0v) is 8.39. The topological polar surface area (TPSA) is 52.6 Å². The fraction of sp³-hybridized carbons (Fsp3) is 0.182. The monoisotopic (exact) mass is 206 g/mol. The normalized spacial score (nSPS) is 9.60. The van der Waals surface area contributed by atoms with Gasteiger partial charge in [0.25, 0.3) is 0 Å². The highest BCUT2D eigenvalue weighted by Gasteiger charge is 2.08. The van der Waals surface area contributed by atoms with Gasteiger partial charge in [-0.15, -0.1) is 6.58 Å². The number of carboxylic acids is 1. The Hall–Kier alpha value is -1.81. The van der Waals surface area contributed by atoms with Crippen molar-refractivity contribution in [2.45, 2.75) is 0 Å². The van der Waals surface area contributed by atoms with Gasteiger partial charge in [0, 0.05) is 6.54 Å². The van der Waals surface area contributed by atoms with Crippen LogP contribution in [0.15, 0.2) is 43.0 Å². The first-order valence-corrected chi connectivity index (χ1v) is 4.63. The second-order valence-corrected chi connectivity index (χ2v) is 2.97. The highest BCUT2D eigenvalue weighted by Crippen LogP contribution is 2.09. The maximum Gasteiger partial charge on any atom is 0.324 e. The minimum atomic E-state index is -0.879. The van der Waals surface area contributed by atoms with Gasteiger partial charge < -0.3 is 5.11 Å². The van der Waals surface area contributed by atoms with E-state index in [9.17, 15) is 4.79 Å². The van der Waals surface area contributed by atoms with Gasteiger partial charge in [-0.3, -0.25) is 9.80 Å². The lowest BCUT2D eigenvalue weighted by molar-refractivity contribution is -0.135. The Balaban J connectivity index is 2.71. The average molecular weight is 206 g/mol. The van der Waals surface area contributed by atoms with Crippen LogP contribution in [-0.2, 0) is 4.79 Å². The van der Waals surface area contributed by atoms with E-state index in [1.54, 1.807) is 11.1 Å². The molecule has 0 aliphatic rings. The SMILES string of the molecule is C=CCNN(CC(=O)O)c1ccccc1. The van der Waals surface area contributed by atoms with Crippen LogP contribution in [0.4, 0.5) is 5.69 Å². The fourth-order valence-corrected chi connectivity index (χ4v) is 1.16. The number of carbonyl (C=O) groups is 1. The lowest BCUT2D eigenvalue weighted by Gasteiger charge is -2.22. The molecular formula is C11H14N2O2. The summed E-state index contributed by atoms with van der Waals surface area (Å²) in [6.07, 6.45) is 1.68. The van der Waals surface area contributed by atoms with Crippen LogP contribution in [0.5, 0.6) is 0 Å². The van der Waals surface area contributed by atoms with E-state index in [0.717, 1.165) is 5.69 Å². The molecule has 15 heavy (non-hydrogen) atoms. The van der Waals surface area contributed by atoms with Gasteiger partial charge in [0.05, 0.1) is 5.69 Å². The average Bonchev–Trinajstić information content (AvgIpc) is 2.25. The van der Waals surface area contributed by atoms with E-state index in [-0.39, 0.29) is 6.54 Å². The molecule has 0 aliphatic heterocycles. The molecule has 0 radical (unpaired) electrons. The molecule has 1 aromatic carbocycles. The molecule has 0 unspecified atom stereocenters. The number of nitrogens with one attached hydrogen (secondary N) is 1. The van der Waals surface area contributed by atoms with E-state index < -0.39 is 5.97 Å². The summed E-state index contributed by atoms with van der Waals surface area (Å²) < 4.78 is 0. The molecule has 0 saturated heterocycles. The van der Waals surface area contributed by atoms with Crippen molar-refractivity contribution in [2.75, 3.05) is 18.1 Å². The number of benzene rings is 1. The van der Waals surface area contributed by atoms with Crippen LogP contribution in [0.3, 0.4) is 0 Å². The number of aliphatic carboxylic acids is 1. The molecule has 0 aromatic heterocycles. The summed E-state index contributed by atoms with van der Waals surface area (Å²) >= 11 is 0. The van der Waals surface area contributed by atoms with Crippen molar-refractivity contribution in [2.24, 2.45) is 0 Å². The number of hydrogen-bond acceptors (Lipinski definition) is 3. The quantitative estimate of drug-likeness (QED) is 0.543. The van der Waals surface area contributed by atoms with Crippen LogP contribution in [-0.4, -0.2) is 24.2 Å². The first-order valence-electron chi connectivity index (χ1n) is 4.63. The molecule has 0 atom stereocenters. The molecule has 2 N–H and O–H groups in total. The standard InChI is InChI=1S/C11H14N2O2/c1-2-8-12-13(9-11(14)15)10-6-4-3-5-7-10/h2-7,12H,1,8-9H2,(H,14,15). The molecule has 1 rings (SSSR count). The Kier molecular flexibility index (Phi) is 4.37. The van der Waals surface area contributed by atoms with Crippen molar-refractivity contribution in [3.05, 3.63) is 43.0 Å². The molecule has 0 amide bonds. The molecule has 0 bridgehead atoms. The Morgan fingerprint density at radius 2 is 2.13 bits per heavy atom. The van der Waals surface area contributed by atoms with Crippen molar-refractivity contribution in [3.8, 4) is 0 Å². The number of carboxylic acid groups (broad SMARTS) is 1. The Morgan fingerprint density at radius 3 is 2.67 bits per heavy atom. The molecule has 4 heteroatoms. The summed E-state index contributed by atoms with van der Waals surface area (Å²) in [5, 5.41) is 10.3. The zero-order valence-electron chi connectivity index (χ0n) is 8.39. The van der Waals surface area contributed by atoms with Gasteiger partial charge >= 0.3 is 5.97 Å². The molecule has 0 fully saturated rings. The van der Waals surface area contributed by atoms with Crippen LogP contribution in [0.1, 0.15) is 0 Å². The predicted molar refractivity (Wildman–Crippen MR) is 59.6 cm³/mol. The van der Waals surface area contributed by atoms with Gasteiger partial charge in [-0.25, -0.2) is 5.43 Å². The largest absolute Gasteiger partial charge is 0.480 e. The minimum absolute atomic E-state index is 0.0855. The summed E-state index contributed by atoms with van der Waals surface area (Å²) in [4.78, 5) is 10.6. The molecule has 0 saturated carbocycles. The van der Waals surface area contributed by atoms with Gasteiger partial charge in [0.2, 0.25) is 0 Å². The molecule has 1 aromatic rings. The van der Waals surface area contributed by atoms with E-state index >= 15 is 0 Å². The predicted octanol–water partition coefficient (Wildman–Crippen LogP) is 1.27. The second-order valence-electron chi connectivity index (χ2n) is 2.97. The number of anilines is 1. The number of rotatable bonds is 6. The lowest BCUT2D eigenvalue weighted by atomic mass is 10.3. The minimum Gasteiger partial charge on any atom is -0.480 e. The molecule has 4 nitrogen and oxygen atoms in total. The van der Waals surface area contributed by atoms with E-state index in [1.807, 2.05) is 30.3 Å². The fourth-order valence-electron chi connectivity index (χ4n) is 1.16. The number of para-hydroxylation sites is 1. The van der Waals surface area contributed by atoms with Crippen LogP contribution < -0.4 is 10.4 Å². The zero-order chi connectivity index (χ0) is 11.1. The molecule has 0 aliphatic carbocycles. The molecular weight excluding hydrogens is 192 g/mol. The Labute approximate surface area is 88.8 Å². The maximum atomic E-state index is 10.6. The third kappa shape index (κ3) is 3.83. The summed E-state index contributed by atoms with van der Waals surface area (Å²) in [5.74, 6) is -0.879. The maximum absolute atomic E-state index is 10.6.